The Kier molecular flexibility index (Phi) is 4.35. The lowest BCUT2D eigenvalue weighted by atomic mass is 10.1. The number of nitrogens with one attached hydrogen (secondary N) is 1. The summed E-state index contributed by atoms with van der Waals surface area (Å²) in [6.45, 7) is 4.58. The normalized spacial score (nSPS) is 10.5. The van der Waals surface area contributed by atoms with Gasteiger partial charge in [0.15, 0.2) is 0 Å². The van der Waals surface area contributed by atoms with Crippen LogP contribution in [0, 0.1) is 13.8 Å². The van der Waals surface area contributed by atoms with Crippen LogP contribution in [0.2, 0.25) is 5.02 Å². The van der Waals surface area contributed by atoms with E-state index >= 15 is 0 Å². The van der Waals surface area contributed by atoms with Crippen molar-refractivity contribution in [1.82, 2.24) is 15.5 Å². The van der Waals surface area contributed by atoms with Crippen LogP contribution >= 0.6 is 11.6 Å². The minimum absolute atomic E-state index is 0.473. The quantitative estimate of drug-likeness (QED) is 0.932. The molecule has 4 nitrogen and oxygen atoms in total. The molecule has 0 radical (unpaired) electrons. The number of benzene rings is 1. The van der Waals surface area contributed by atoms with Gasteiger partial charge < -0.3 is 10.1 Å². The first-order valence-electron chi connectivity index (χ1n) is 6.02. The SMILES string of the molecule is CNCc1ccc(Oc2cc(C)c(Cl)c(C)c2)nn1. The molecule has 0 aliphatic rings. The fraction of sp³-hybridized carbons (Fsp3) is 0.286. The Balaban J connectivity index is 2.17. The van der Waals surface area contributed by atoms with Crippen LogP contribution in [0.15, 0.2) is 24.3 Å². The number of hydrogen-bond acceptors (Lipinski definition) is 4. The van der Waals surface area contributed by atoms with Gasteiger partial charge in [-0.3, -0.25) is 0 Å². The predicted octanol–water partition coefficient (Wildman–Crippen LogP) is 3.26. The molecule has 0 unspecified atom stereocenters. The maximum atomic E-state index is 6.12. The van der Waals surface area contributed by atoms with Crippen LogP contribution in [0.5, 0.6) is 11.6 Å². The zero-order chi connectivity index (χ0) is 13.8. The lowest BCUT2D eigenvalue weighted by molar-refractivity contribution is 0.452. The maximum Gasteiger partial charge on any atom is 0.238 e. The molecule has 0 atom stereocenters. The van der Waals surface area contributed by atoms with Crippen molar-refractivity contribution in [2.45, 2.75) is 20.4 Å². The second kappa shape index (κ2) is 5.99. The van der Waals surface area contributed by atoms with E-state index in [1.807, 2.05) is 39.1 Å². The molecule has 0 saturated carbocycles. The number of ether oxygens (including phenoxy) is 1. The standard InChI is InChI=1S/C14H16ClN3O/c1-9-6-12(7-10(2)14(9)15)19-13-5-4-11(8-16-3)17-18-13/h4-7,16H,8H2,1-3H3. The van der Waals surface area contributed by atoms with Gasteiger partial charge in [-0.15, -0.1) is 5.10 Å². The van der Waals surface area contributed by atoms with Crippen molar-refractivity contribution in [3.8, 4) is 11.6 Å². The Hall–Kier alpha value is -1.65. The van der Waals surface area contributed by atoms with E-state index in [4.69, 9.17) is 16.3 Å². The zero-order valence-electron chi connectivity index (χ0n) is 11.2. The average Bonchev–Trinajstić information content (AvgIpc) is 2.38. The van der Waals surface area contributed by atoms with E-state index in [-0.39, 0.29) is 0 Å². The van der Waals surface area contributed by atoms with Gasteiger partial charge in [0.2, 0.25) is 5.88 Å². The largest absolute Gasteiger partial charge is 0.438 e. The molecule has 2 aromatic rings. The number of aromatic nitrogens is 2. The summed E-state index contributed by atoms with van der Waals surface area (Å²) >= 11 is 6.12. The van der Waals surface area contributed by atoms with Crippen molar-refractivity contribution >= 4 is 11.6 Å². The third kappa shape index (κ3) is 3.43. The molecule has 0 amide bonds. The van der Waals surface area contributed by atoms with Gasteiger partial charge >= 0.3 is 0 Å². The van der Waals surface area contributed by atoms with Crippen LogP contribution in [0.4, 0.5) is 0 Å². The minimum atomic E-state index is 0.473. The molecular formula is C14H16ClN3O. The molecule has 1 N–H and O–H groups in total. The summed E-state index contributed by atoms with van der Waals surface area (Å²) in [7, 11) is 1.87. The van der Waals surface area contributed by atoms with E-state index in [1.54, 1.807) is 6.07 Å². The minimum Gasteiger partial charge on any atom is -0.438 e. The molecule has 1 heterocycles. The van der Waals surface area contributed by atoms with Crippen LogP contribution < -0.4 is 10.1 Å². The number of rotatable bonds is 4. The topological polar surface area (TPSA) is 47.0 Å². The summed E-state index contributed by atoms with van der Waals surface area (Å²) in [5.41, 5.74) is 2.84. The molecule has 5 heteroatoms. The molecule has 0 saturated heterocycles. The molecule has 0 bridgehead atoms. The van der Waals surface area contributed by atoms with Gasteiger partial charge in [0.05, 0.1) is 5.69 Å². The van der Waals surface area contributed by atoms with Gasteiger partial charge in [-0.2, -0.15) is 5.10 Å². The fourth-order valence-electron chi connectivity index (χ4n) is 1.76. The first-order chi connectivity index (χ1) is 9.10. The first-order valence-corrected chi connectivity index (χ1v) is 6.39. The highest BCUT2D eigenvalue weighted by atomic mass is 35.5. The van der Waals surface area contributed by atoms with E-state index < -0.39 is 0 Å². The van der Waals surface area contributed by atoms with Crippen molar-refractivity contribution < 1.29 is 4.74 Å². The van der Waals surface area contributed by atoms with E-state index in [2.05, 4.69) is 15.5 Å². The summed E-state index contributed by atoms with van der Waals surface area (Å²) in [5.74, 6) is 1.19. The van der Waals surface area contributed by atoms with Crippen LogP contribution in [0.1, 0.15) is 16.8 Å². The van der Waals surface area contributed by atoms with Crippen molar-refractivity contribution in [3.63, 3.8) is 0 Å². The lowest BCUT2D eigenvalue weighted by Gasteiger charge is -2.08. The molecule has 100 valence electrons. The lowest BCUT2D eigenvalue weighted by Crippen LogP contribution is -2.07. The van der Waals surface area contributed by atoms with Crippen molar-refractivity contribution in [1.29, 1.82) is 0 Å². The smallest absolute Gasteiger partial charge is 0.238 e. The second-order valence-corrected chi connectivity index (χ2v) is 4.74. The second-order valence-electron chi connectivity index (χ2n) is 4.37. The highest BCUT2D eigenvalue weighted by molar-refractivity contribution is 6.32. The molecule has 0 spiro atoms. The predicted molar refractivity (Wildman–Crippen MR) is 75.8 cm³/mol. The van der Waals surface area contributed by atoms with E-state index in [0.717, 1.165) is 27.6 Å². The monoisotopic (exact) mass is 277 g/mol. The Morgan fingerprint density at radius 1 is 1.16 bits per heavy atom. The number of nitrogens with zero attached hydrogens (tertiary/aromatic N) is 2. The Bertz CT molecular complexity index is 546. The molecular weight excluding hydrogens is 262 g/mol. The summed E-state index contributed by atoms with van der Waals surface area (Å²) in [5, 5.41) is 11.9. The first kappa shape index (κ1) is 13.8. The average molecular weight is 278 g/mol. The Morgan fingerprint density at radius 3 is 2.37 bits per heavy atom. The molecule has 2 rings (SSSR count). The molecule has 1 aromatic carbocycles. The number of hydrogen-bond donors (Lipinski definition) is 1. The molecule has 1 aromatic heterocycles. The number of aryl methyl sites for hydroxylation is 2. The van der Waals surface area contributed by atoms with E-state index in [1.165, 1.54) is 0 Å². The summed E-state index contributed by atoms with van der Waals surface area (Å²) in [6.07, 6.45) is 0. The van der Waals surface area contributed by atoms with Crippen LogP contribution in [-0.2, 0) is 6.54 Å². The van der Waals surface area contributed by atoms with Gasteiger partial charge in [0, 0.05) is 17.6 Å². The third-order valence-electron chi connectivity index (χ3n) is 2.69. The van der Waals surface area contributed by atoms with Crippen LogP contribution in [0.3, 0.4) is 0 Å². The molecule has 19 heavy (non-hydrogen) atoms. The van der Waals surface area contributed by atoms with Gasteiger partial charge in [-0.25, -0.2) is 0 Å². The molecule has 0 aliphatic heterocycles. The highest BCUT2D eigenvalue weighted by Crippen LogP contribution is 2.28. The van der Waals surface area contributed by atoms with Crippen molar-refractivity contribution in [3.05, 3.63) is 46.1 Å². The van der Waals surface area contributed by atoms with E-state index in [9.17, 15) is 0 Å². The fourth-order valence-corrected chi connectivity index (χ4v) is 1.87. The zero-order valence-corrected chi connectivity index (χ0v) is 12.0. The Morgan fingerprint density at radius 2 is 1.84 bits per heavy atom. The summed E-state index contributed by atoms with van der Waals surface area (Å²) in [6, 6.07) is 7.46. The highest BCUT2D eigenvalue weighted by Gasteiger charge is 2.05. The van der Waals surface area contributed by atoms with Crippen LogP contribution in [0.25, 0.3) is 0 Å². The molecule has 0 fully saturated rings. The van der Waals surface area contributed by atoms with Gasteiger partial charge in [0.25, 0.3) is 0 Å². The van der Waals surface area contributed by atoms with Crippen molar-refractivity contribution in [2.75, 3.05) is 7.05 Å². The van der Waals surface area contributed by atoms with Gasteiger partial charge in [0.1, 0.15) is 5.75 Å². The van der Waals surface area contributed by atoms with Gasteiger partial charge in [-0.1, -0.05) is 11.6 Å². The molecule has 0 aliphatic carbocycles. The maximum absolute atomic E-state index is 6.12. The third-order valence-corrected chi connectivity index (χ3v) is 3.28. The van der Waals surface area contributed by atoms with Crippen LogP contribution in [-0.4, -0.2) is 17.2 Å². The number of halogens is 1. The Labute approximate surface area is 117 Å². The van der Waals surface area contributed by atoms with Gasteiger partial charge in [-0.05, 0) is 50.2 Å². The summed E-state index contributed by atoms with van der Waals surface area (Å²) in [4.78, 5) is 0. The van der Waals surface area contributed by atoms with E-state index in [0.29, 0.717) is 12.4 Å². The van der Waals surface area contributed by atoms with Crippen molar-refractivity contribution in [2.24, 2.45) is 0 Å². The summed E-state index contributed by atoms with van der Waals surface area (Å²) < 4.78 is 5.68.